The van der Waals surface area contributed by atoms with Gasteiger partial charge in [-0.25, -0.2) is 9.78 Å². The van der Waals surface area contributed by atoms with Crippen molar-refractivity contribution in [1.29, 1.82) is 0 Å². The van der Waals surface area contributed by atoms with Crippen molar-refractivity contribution in [2.24, 2.45) is 0 Å². The minimum Gasteiger partial charge on any atom is -0.493 e. The Bertz CT molecular complexity index is 896. The number of rotatable bonds is 7. The van der Waals surface area contributed by atoms with E-state index in [0.29, 0.717) is 10.9 Å². The van der Waals surface area contributed by atoms with Gasteiger partial charge in [0, 0.05) is 23.9 Å². The van der Waals surface area contributed by atoms with Crippen molar-refractivity contribution in [2.75, 3.05) is 25.3 Å². The van der Waals surface area contributed by atoms with Gasteiger partial charge in [0.15, 0.2) is 16.7 Å². The number of benzene rings is 1. The first-order valence-electron chi connectivity index (χ1n) is 7.34. The van der Waals surface area contributed by atoms with E-state index >= 15 is 0 Å². The molecular formula is C16H17N3O6S. The highest BCUT2D eigenvalue weighted by molar-refractivity contribution is 7.99. The number of aromatic amines is 1. The fourth-order valence-electron chi connectivity index (χ4n) is 2.10. The second kappa shape index (κ2) is 8.39. The molecule has 0 saturated carbocycles. The second-order valence-corrected chi connectivity index (χ2v) is 6.05. The summed E-state index contributed by atoms with van der Waals surface area (Å²) in [6.07, 6.45) is 0. The van der Waals surface area contributed by atoms with Crippen LogP contribution in [-0.4, -0.2) is 46.9 Å². The Hall–Kier alpha value is -3.01. The molecule has 0 bridgehead atoms. The first-order valence-corrected chi connectivity index (χ1v) is 8.32. The Morgan fingerprint density at radius 3 is 2.46 bits per heavy atom. The normalized spacial score (nSPS) is 10.3. The third-order valence-corrected chi connectivity index (χ3v) is 4.09. The van der Waals surface area contributed by atoms with Crippen LogP contribution in [0.3, 0.4) is 0 Å². The molecule has 2 aromatic rings. The molecule has 1 heterocycles. The number of nitrogens with one attached hydrogen (secondary N) is 2. The number of amides is 1. The molecule has 0 saturated heterocycles. The van der Waals surface area contributed by atoms with Crippen molar-refractivity contribution >= 4 is 29.3 Å². The summed E-state index contributed by atoms with van der Waals surface area (Å²) in [7, 11) is 2.79. The van der Waals surface area contributed by atoms with E-state index in [0.717, 1.165) is 11.8 Å². The molecule has 0 radical (unpaired) electrons. The lowest BCUT2D eigenvalue weighted by Crippen LogP contribution is -2.18. The monoisotopic (exact) mass is 379 g/mol. The Balaban J connectivity index is 2.17. The molecule has 2 rings (SSSR count). The Morgan fingerprint density at radius 1 is 1.23 bits per heavy atom. The number of thioether (sulfide) groups is 1. The number of H-pyrrole nitrogens is 1. The van der Waals surface area contributed by atoms with Gasteiger partial charge >= 0.3 is 5.97 Å². The van der Waals surface area contributed by atoms with E-state index < -0.39 is 11.9 Å². The number of aryl methyl sites for hydroxylation is 1. The number of hydrogen-bond donors (Lipinski definition) is 3. The quantitative estimate of drug-likeness (QED) is 0.488. The highest BCUT2D eigenvalue weighted by atomic mass is 32.2. The summed E-state index contributed by atoms with van der Waals surface area (Å²) in [6.45, 7) is 1.67. The van der Waals surface area contributed by atoms with Gasteiger partial charge in [-0.1, -0.05) is 11.8 Å². The van der Waals surface area contributed by atoms with E-state index in [4.69, 9.17) is 9.47 Å². The van der Waals surface area contributed by atoms with Crippen molar-refractivity contribution in [3.8, 4) is 11.5 Å². The van der Waals surface area contributed by atoms with Crippen LogP contribution < -0.4 is 20.3 Å². The molecule has 3 N–H and O–H groups in total. The first-order chi connectivity index (χ1) is 12.3. The van der Waals surface area contributed by atoms with Crippen LogP contribution in [0.1, 0.15) is 16.1 Å². The fraction of sp³-hybridized carbons (Fsp3) is 0.250. The summed E-state index contributed by atoms with van der Waals surface area (Å²) in [4.78, 5) is 41.6. The maximum atomic E-state index is 12.2. The van der Waals surface area contributed by atoms with Gasteiger partial charge in [0.1, 0.15) is 0 Å². The maximum absolute atomic E-state index is 12.2. The molecule has 0 spiro atoms. The molecule has 0 fully saturated rings. The van der Waals surface area contributed by atoms with E-state index in [-0.39, 0.29) is 34.1 Å². The molecule has 1 aromatic carbocycles. The molecule has 138 valence electrons. The minimum absolute atomic E-state index is 0.0696. The average molecular weight is 379 g/mol. The summed E-state index contributed by atoms with van der Waals surface area (Å²) in [5.74, 6) is -1.24. The third kappa shape index (κ3) is 4.76. The molecule has 0 unspecified atom stereocenters. The maximum Gasteiger partial charge on any atom is 0.337 e. The number of anilines is 1. The van der Waals surface area contributed by atoms with E-state index in [2.05, 4.69) is 15.3 Å². The Kier molecular flexibility index (Phi) is 6.23. The van der Waals surface area contributed by atoms with Gasteiger partial charge in [0.2, 0.25) is 5.91 Å². The lowest BCUT2D eigenvalue weighted by molar-refractivity contribution is -0.113. The van der Waals surface area contributed by atoms with Crippen molar-refractivity contribution in [2.45, 2.75) is 12.1 Å². The van der Waals surface area contributed by atoms with Crippen LogP contribution >= 0.6 is 11.8 Å². The Morgan fingerprint density at radius 2 is 1.88 bits per heavy atom. The molecule has 26 heavy (non-hydrogen) atoms. The van der Waals surface area contributed by atoms with Gasteiger partial charge < -0.3 is 24.9 Å². The number of aromatic carboxylic acids is 1. The number of aromatic nitrogens is 2. The van der Waals surface area contributed by atoms with E-state index in [1.807, 2.05) is 0 Å². The zero-order chi connectivity index (χ0) is 19.3. The van der Waals surface area contributed by atoms with E-state index in [1.54, 1.807) is 6.92 Å². The molecular weight excluding hydrogens is 362 g/mol. The van der Waals surface area contributed by atoms with Crippen LogP contribution in [0.4, 0.5) is 5.69 Å². The van der Waals surface area contributed by atoms with Crippen molar-refractivity contribution in [3.05, 3.63) is 39.8 Å². The molecule has 1 aromatic heterocycles. The molecule has 0 aliphatic heterocycles. The van der Waals surface area contributed by atoms with Crippen molar-refractivity contribution in [3.63, 3.8) is 0 Å². The predicted octanol–water partition coefficient (Wildman–Crippen LogP) is 1.52. The summed E-state index contributed by atoms with van der Waals surface area (Å²) in [5, 5.41) is 12.2. The van der Waals surface area contributed by atoms with Gasteiger partial charge in [-0.15, -0.1) is 0 Å². The second-order valence-electron chi connectivity index (χ2n) is 5.09. The van der Waals surface area contributed by atoms with E-state index in [1.165, 1.54) is 32.4 Å². The fourth-order valence-corrected chi connectivity index (χ4v) is 2.82. The van der Waals surface area contributed by atoms with Gasteiger partial charge in [-0.05, 0) is 6.92 Å². The summed E-state index contributed by atoms with van der Waals surface area (Å²) in [6, 6.07) is 3.98. The summed E-state index contributed by atoms with van der Waals surface area (Å²) in [5.41, 5.74) is 0.160. The molecule has 1 amide bonds. The van der Waals surface area contributed by atoms with Crippen molar-refractivity contribution in [1.82, 2.24) is 9.97 Å². The number of hydrogen-bond acceptors (Lipinski definition) is 7. The number of carboxylic acid groups (broad SMARTS) is 1. The number of methoxy groups -OCH3 is 2. The SMILES string of the molecule is COc1cc(NC(=O)CSc2nc(C)cc(=O)[nH]2)c(C(=O)O)cc1OC. The highest BCUT2D eigenvalue weighted by Gasteiger charge is 2.18. The van der Waals surface area contributed by atoms with Gasteiger partial charge in [0.05, 0.1) is 31.2 Å². The van der Waals surface area contributed by atoms with Gasteiger partial charge in [-0.2, -0.15) is 0 Å². The number of carboxylic acids is 1. The van der Waals surface area contributed by atoms with E-state index in [9.17, 15) is 19.5 Å². The molecule has 10 heteroatoms. The van der Waals surface area contributed by atoms with Crippen LogP contribution in [0.2, 0.25) is 0 Å². The average Bonchev–Trinajstić information content (AvgIpc) is 2.58. The van der Waals surface area contributed by atoms with Crippen LogP contribution in [0.25, 0.3) is 0 Å². The lowest BCUT2D eigenvalue weighted by atomic mass is 10.1. The predicted molar refractivity (Wildman–Crippen MR) is 95.5 cm³/mol. The molecule has 0 aliphatic rings. The highest BCUT2D eigenvalue weighted by Crippen LogP contribution is 2.33. The smallest absolute Gasteiger partial charge is 0.337 e. The van der Waals surface area contributed by atoms with Crippen molar-refractivity contribution < 1.29 is 24.2 Å². The van der Waals surface area contributed by atoms with Crippen LogP contribution in [0, 0.1) is 6.92 Å². The van der Waals surface area contributed by atoms with Gasteiger partial charge in [0.25, 0.3) is 5.56 Å². The topological polar surface area (TPSA) is 131 Å². The largest absolute Gasteiger partial charge is 0.493 e. The number of carbonyl (C=O) groups is 2. The summed E-state index contributed by atoms with van der Waals surface area (Å²) >= 11 is 1.03. The first kappa shape index (κ1) is 19.3. The van der Waals surface area contributed by atoms with Gasteiger partial charge in [-0.3, -0.25) is 9.59 Å². The number of nitrogens with zero attached hydrogens (tertiary/aromatic N) is 1. The molecule has 0 aliphatic carbocycles. The number of ether oxygens (including phenoxy) is 2. The van der Waals surface area contributed by atoms with Crippen LogP contribution in [0.5, 0.6) is 11.5 Å². The summed E-state index contributed by atoms with van der Waals surface area (Å²) < 4.78 is 10.2. The van der Waals surface area contributed by atoms with Crippen LogP contribution in [-0.2, 0) is 4.79 Å². The zero-order valence-electron chi connectivity index (χ0n) is 14.3. The third-order valence-electron chi connectivity index (χ3n) is 3.22. The number of carbonyl (C=O) groups excluding carboxylic acids is 1. The lowest BCUT2D eigenvalue weighted by Gasteiger charge is -2.13. The zero-order valence-corrected chi connectivity index (χ0v) is 15.1. The standard InChI is InChI=1S/C16H17N3O6S/c1-8-4-13(20)19-16(17-8)26-7-14(21)18-10-6-12(25-3)11(24-2)5-9(10)15(22)23/h4-6H,7H2,1-3H3,(H,18,21)(H,22,23)(H,17,19,20). The minimum atomic E-state index is -1.22. The molecule has 0 atom stereocenters. The molecule has 9 nitrogen and oxygen atoms in total. The van der Waals surface area contributed by atoms with Crippen LogP contribution in [0.15, 0.2) is 28.2 Å². The Labute approximate surface area is 152 Å².